The molecule has 0 spiro atoms. The maximum absolute atomic E-state index is 4.40. The summed E-state index contributed by atoms with van der Waals surface area (Å²) in [5, 5.41) is 7.62. The molecule has 0 aliphatic carbocycles. The minimum absolute atomic E-state index is 0.681. The van der Waals surface area contributed by atoms with Crippen molar-refractivity contribution in [1.29, 1.82) is 0 Å². The summed E-state index contributed by atoms with van der Waals surface area (Å²) in [6.45, 7) is 8.35. The molecule has 2 aromatic heterocycles. The van der Waals surface area contributed by atoms with Gasteiger partial charge in [-0.1, -0.05) is 13.8 Å². The van der Waals surface area contributed by atoms with Crippen molar-refractivity contribution in [1.82, 2.24) is 19.5 Å². The molecule has 2 rings (SSSR count). The topological polar surface area (TPSA) is 45.5 Å². The quantitative estimate of drug-likeness (QED) is 0.888. The molecular weight excluding hydrogens is 294 g/mol. The van der Waals surface area contributed by atoms with Crippen molar-refractivity contribution in [2.45, 2.75) is 13.8 Å². The maximum Gasteiger partial charge on any atom is 0.243 e. The van der Waals surface area contributed by atoms with Gasteiger partial charge < -0.3 is 10.2 Å². The molecule has 0 atom stereocenters. The molecule has 0 radical (unpaired) electrons. The van der Waals surface area contributed by atoms with Gasteiger partial charge in [0.2, 0.25) is 5.95 Å². The zero-order valence-electron chi connectivity index (χ0n) is 10.7. The highest BCUT2D eigenvalue weighted by Gasteiger charge is 2.04. The van der Waals surface area contributed by atoms with Crippen molar-refractivity contribution < 1.29 is 0 Å². The molecule has 6 heteroatoms. The van der Waals surface area contributed by atoms with Crippen molar-refractivity contribution in [3.05, 3.63) is 22.8 Å². The van der Waals surface area contributed by atoms with Crippen molar-refractivity contribution in [3.63, 3.8) is 0 Å². The summed E-state index contributed by atoms with van der Waals surface area (Å²) in [6.07, 6.45) is 1.90. The van der Waals surface area contributed by atoms with E-state index in [1.54, 1.807) is 4.52 Å². The van der Waals surface area contributed by atoms with Gasteiger partial charge in [0.05, 0.1) is 0 Å². The fraction of sp³-hybridized carbons (Fsp3) is 0.500. The lowest BCUT2D eigenvalue weighted by Gasteiger charge is -2.17. The van der Waals surface area contributed by atoms with Crippen LogP contribution in [-0.4, -0.2) is 45.7 Å². The third-order valence-electron chi connectivity index (χ3n) is 2.90. The van der Waals surface area contributed by atoms with Gasteiger partial charge in [0.1, 0.15) is 0 Å². The van der Waals surface area contributed by atoms with Crippen LogP contribution in [0.25, 0.3) is 5.65 Å². The van der Waals surface area contributed by atoms with Crippen LogP contribution in [0.4, 0.5) is 5.95 Å². The fourth-order valence-corrected chi connectivity index (χ4v) is 2.12. The number of anilines is 1. The van der Waals surface area contributed by atoms with Gasteiger partial charge in [0.25, 0.3) is 0 Å². The Hall–Kier alpha value is -1.14. The molecule has 98 valence electrons. The zero-order valence-corrected chi connectivity index (χ0v) is 12.3. The van der Waals surface area contributed by atoms with Crippen LogP contribution in [0.15, 0.2) is 22.8 Å². The first-order valence-corrected chi connectivity index (χ1v) is 7.00. The Labute approximate surface area is 115 Å². The van der Waals surface area contributed by atoms with Crippen molar-refractivity contribution >= 4 is 27.5 Å². The molecular formula is C12H18BrN5. The van der Waals surface area contributed by atoms with Gasteiger partial charge in [-0.15, -0.1) is 5.10 Å². The van der Waals surface area contributed by atoms with Crippen LogP contribution >= 0.6 is 15.9 Å². The van der Waals surface area contributed by atoms with Gasteiger partial charge >= 0.3 is 0 Å². The molecule has 2 heterocycles. The molecule has 0 unspecified atom stereocenters. The van der Waals surface area contributed by atoms with E-state index < -0.39 is 0 Å². The standard InChI is InChI=1S/C12H18BrN5/c1-3-17(4-2)8-7-14-12-15-11-6-5-10(13)9-18(11)16-12/h5-6,9H,3-4,7-8H2,1-2H3,(H,14,16). The number of likely N-dealkylation sites (N-methyl/N-ethyl adjacent to an activating group) is 1. The van der Waals surface area contributed by atoms with E-state index >= 15 is 0 Å². The number of aromatic nitrogens is 3. The zero-order chi connectivity index (χ0) is 13.0. The molecule has 2 aromatic rings. The molecule has 1 N–H and O–H groups in total. The van der Waals surface area contributed by atoms with E-state index in [1.807, 2.05) is 18.3 Å². The number of fused-ring (bicyclic) bond motifs is 1. The number of nitrogens with one attached hydrogen (secondary N) is 1. The Morgan fingerprint density at radius 1 is 1.33 bits per heavy atom. The average Bonchev–Trinajstić information content (AvgIpc) is 2.76. The van der Waals surface area contributed by atoms with Crippen LogP contribution in [-0.2, 0) is 0 Å². The maximum atomic E-state index is 4.40. The number of hydrogen-bond donors (Lipinski definition) is 1. The van der Waals surface area contributed by atoms with Gasteiger partial charge in [-0.2, -0.15) is 4.98 Å². The van der Waals surface area contributed by atoms with Gasteiger partial charge in [0.15, 0.2) is 5.65 Å². The first-order valence-electron chi connectivity index (χ1n) is 6.21. The van der Waals surface area contributed by atoms with E-state index in [0.717, 1.165) is 36.3 Å². The van der Waals surface area contributed by atoms with Gasteiger partial charge in [-0.05, 0) is 41.2 Å². The Kier molecular flexibility index (Phi) is 4.54. The van der Waals surface area contributed by atoms with Crippen LogP contribution in [0.5, 0.6) is 0 Å². The molecule has 0 saturated heterocycles. The first kappa shape index (κ1) is 13.3. The lowest BCUT2D eigenvalue weighted by atomic mass is 10.4. The molecule has 0 aromatic carbocycles. The van der Waals surface area contributed by atoms with Crippen LogP contribution in [0.1, 0.15) is 13.8 Å². The van der Waals surface area contributed by atoms with Crippen LogP contribution in [0.3, 0.4) is 0 Å². The molecule has 0 aliphatic rings. The number of halogens is 1. The Bertz CT molecular complexity index is 506. The van der Waals surface area contributed by atoms with Crippen LogP contribution in [0.2, 0.25) is 0 Å². The van der Waals surface area contributed by atoms with Crippen molar-refractivity contribution in [2.24, 2.45) is 0 Å². The highest BCUT2D eigenvalue weighted by molar-refractivity contribution is 9.10. The average molecular weight is 312 g/mol. The Balaban J connectivity index is 1.95. The minimum Gasteiger partial charge on any atom is -0.352 e. The SMILES string of the molecule is CCN(CC)CCNc1nc2ccc(Br)cn2n1. The van der Waals surface area contributed by atoms with Gasteiger partial charge in [-0.25, -0.2) is 4.52 Å². The summed E-state index contributed by atoms with van der Waals surface area (Å²) >= 11 is 3.42. The third-order valence-corrected chi connectivity index (χ3v) is 3.37. The fourth-order valence-electron chi connectivity index (χ4n) is 1.80. The molecule has 0 amide bonds. The Morgan fingerprint density at radius 3 is 2.83 bits per heavy atom. The lowest BCUT2D eigenvalue weighted by molar-refractivity contribution is 0.316. The highest BCUT2D eigenvalue weighted by Crippen LogP contribution is 2.11. The predicted molar refractivity (Wildman–Crippen MR) is 77.0 cm³/mol. The molecule has 0 fully saturated rings. The van der Waals surface area contributed by atoms with E-state index in [1.165, 1.54) is 0 Å². The van der Waals surface area contributed by atoms with Crippen molar-refractivity contribution in [2.75, 3.05) is 31.5 Å². The van der Waals surface area contributed by atoms with Gasteiger partial charge in [-0.3, -0.25) is 0 Å². The summed E-state index contributed by atoms with van der Waals surface area (Å²) < 4.78 is 2.76. The van der Waals surface area contributed by atoms with E-state index in [0.29, 0.717) is 5.95 Å². The molecule has 0 saturated carbocycles. The monoisotopic (exact) mass is 311 g/mol. The largest absolute Gasteiger partial charge is 0.352 e. The van der Waals surface area contributed by atoms with Crippen molar-refractivity contribution in [3.8, 4) is 0 Å². The number of hydrogen-bond acceptors (Lipinski definition) is 4. The van der Waals surface area contributed by atoms with E-state index in [9.17, 15) is 0 Å². The first-order chi connectivity index (χ1) is 8.72. The van der Waals surface area contributed by atoms with E-state index in [-0.39, 0.29) is 0 Å². The number of pyridine rings is 1. The summed E-state index contributed by atoms with van der Waals surface area (Å²) in [7, 11) is 0. The highest BCUT2D eigenvalue weighted by atomic mass is 79.9. The van der Waals surface area contributed by atoms with Gasteiger partial charge in [0, 0.05) is 23.8 Å². The predicted octanol–water partition coefficient (Wildman–Crippen LogP) is 2.25. The Morgan fingerprint density at radius 2 is 2.11 bits per heavy atom. The van der Waals surface area contributed by atoms with E-state index in [2.05, 4.69) is 50.1 Å². The summed E-state index contributed by atoms with van der Waals surface area (Å²) in [5.74, 6) is 0.681. The second-order valence-corrected chi connectivity index (χ2v) is 4.95. The summed E-state index contributed by atoms with van der Waals surface area (Å²) in [6, 6.07) is 3.90. The summed E-state index contributed by atoms with van der Waals surface area (Å²) in [4.78, 5) is 6.76. The second kappa shape index (κ2) is 6.15. The summed E-state index contributed by atoms with van der Waals surface area (Å²) in [5.41, 5.74) is 0.850. The van der Waals surface area contributed by atoms with E-state index in [4.69, 9.17) is 0 Å². The smallest absolute Gasteiger partial charge is 0.243 e. The lowest BCUT2D eigenvalue weighted by Crippen LogP contribution is -2.28. The number of rotatable bonds is 6. The number of nitrogens with zero attached hydrogens (tertiary/aromatic N) is 4. The molecule has 0 aliphatic heterocycles. The minimum atomic E-state index is 0.681. The van der Waals surface area contributed by atoms with Crippen LogP contribution < -0.4 is 5.32 Å². The molecule has 18 heavy (non-hydrogen) atoms. The van der Waals surface area contributed by atoms with Crippen LogP contribution in [0, 0.1) is 0 Å². The molecule has 5 nitrogen and oxygen atoms in total. The normalized spacial score (nSPS) is 11.3. The molecule has 0 bridgehead atoms. The third kappa shape index (κ3) is 3.20. The second-order valence-electron chi connectivity index (χ2n) is 4.04.